The Morgan fingerprint density at radius 1 is 1.57 bits per heavy atom. The van der Waals surface area contributed by atoms with Crippen LogP contribution in [0.3, 0.4) is 0 Å². The molecule has 1 aromatic rings. The predicted octanol–water partition coefficient (Wildman–Crippen LogP) is 4.41. The molecule has 14 heavy (non-hydrogen) atoms. The summed E-state index contributed by atoms with van der Waals surface area (Å²) in [4.78, 5) is 0. The van der Waals surface area contributed by atoms with Crippen LogP contribution in [0.15, 0.2) is 28.2 Å². The third-order valence-electron chi connectivity index (χ3n) is 1.46. The number of hydrogen-bond donors (Lipinski definition) is 1. The first kappa shape index (κ1) is 11.8. The molecule has 1 rings (SSSR count). The zero-order valence-corrected chi connectivity index (χ0v) is 10.2. The molecule has 0 fully saturated rings. The average Bonchev–Trinajstić information content (AvgIpc) is 2.01. The van der Waals surface area contributed by atoms with Crippen LogP contribution < -0.4 is 5.32 Å². The molecule has 76 valence electrons. The SMILES string of the molecule is C=C(Cl)CNc1c(Cl)cc(F)cc1Br. The van der Waals surface area contributed by atoms with Gasteiger partial charge in [-0.2, -0.15) is 0 Å². The highest BCUT2D eigenvalue weighted by Crippen LogP contribution is 2.31. The molecule has 0 aliphatic rings. The summed E-state index contributed by atoms with van der Waals surface area (Å²) < 4.78 is 13.4. The molecule has 0 saturated carbocycles. The van der Waals surface area contributed by atoms with Crippen molar-refractivity contribution in [2.45, 2.75) is 0 Å². The van der Waals surface area contributed by atoms with Gasteiger partial charge < -0.3 is 5.32 Å². The predicted molar refractivity (Wildman–Crippen MR) is 62.6 cm³/mol. The van der Waals surface area contributed by atoms with Crippen LogP contribution in [0.2, 0.25) is 5.02 Å². The van der Waals surface area contributed by atoms with Gasteiger partial charge in [0.2, 0.25) is 0 Å². The minimum Gasteiger partial charge on any atom is -0.378 e. The van der Waals surface area contributed by atoms with E-state index in [-0.39, 0.29) is 0 Å². The Labute approximate surface area is 100 Å². The quantitative estimate of drug-likeness (QED) is 0.872. The maximum Gasteiger partial charge on any atom is 0.125 e. The van der Waals surface area contributed by atoms with Gasteiger partial charge in [-0.1, -0.05) is 29.8 Å². The van der Waals surface area contributed by atoms with E-state index >= 15 is 0 Å². The highest BCUT2D eigenvalue weighted by atomic mass is 79.9. The van der Waals surface area contributed by atoms with E-state index in [2.05, 4.69) is 27.8 Å². The van der Waals surface area contributed by atoms with Crippen molar-refractivity contribution < 1.29 is 4.39 Å². The number of anilines is 1. The second kappa shape index (κ2) is 5.01. The van der Waals surface area contributed by atoms with Crippen molar-refractivity contribution in [3.05, 3.63) is 39.1 Å². The van der Waals surface area contributed by atoms with Gasteiger partial charge in [-0.25, -0.2) is 4.39 Å². The first-order valence-corrected chi connectivity index (χ1v) is 5.27. The van der Waals surface area contributed by atoms with Crippen molar-refractivity contribution >= 4 is 44.8 Å². The standard InChI is InChI=1S/C9H7BrCl2FN/c1-5(11)4-14-9-7(10)2-6(13)3-8(9)12/h2-3,14H,1,4H2. The maximum absolute atomic E-state index is 12.8. The van der Waals surface area contributed by atoms with Crippen molar-refractivity contribution in [3.63, 3.8) is 0 Å². The van der Waals surface area contributed by atoms with E-state index in [1.54, 1.807) is 0 Å². The second-order valence-electron chi connectivity index (χ2n) is 2.62. The molecule has 0 aliphatic heterocycles. The summed E-state index contributed by atoms with van der Waals surface area (Å²) in [7, 11) is 0. The minimum absolute atomic E-state index is 0.301. The Morgan fingerprint density at radius 3 is 2.71 bits per heavy atom. The summed E-state index contributed by atoms with van der Waals surface area (Å²) in [5.74, 6) is -0.392. The van der Waals surface area contributed by atoms with Gasteiger partial charge in [0.05, 0.1) is 17.3 Å². The molecule has 0 aliphatic carbocycles. The molecule has 0 saturated heterocycles. The fraction of sp³-hybridized carbons (Fsp3) is 0.111. The van der Waals surface area contributed by atoms with Crippen molar-refractivity contribution in [1.29, 1.82) is 0 Å². The normalized spacial score (nSPS) is 10.0. The fourth-order valence-corrected chi connectivity index (χ4v) is 1.92. The molecule has 1 aromatic carbocycles. The molecule has 0 aromatic heterocycles. The van der Waals surface area contributed by atoms with E-state index < -0.39 is 5.82 Å². The highest BCUT2D eigenvalue weighted by Gasteiger charge is 2.07. The number of rotatable bonds is 3. The lowest BCUT2D eigenvalue weighted by atomic mass is 10.3. The summed E-state index contributed by atoms with van der Waals surface area (Å²) in [5, 5.41) is 3.69. The number of benzene rings is 1. The van der Waals surface area contributed by atoms with Gasteiger partial charge in [0.1, 0.15) is 5.82 Å². The Kier molecular flexibility index (Phi) is 4.23. The largest absolute Gasteiger partial charge is 0.378 e. The molecule has 0 heterocycles. The van der Waals surface area contributed by atoms with Crippen LogP contribution in [0.5, 0.6) is 0 Å². The van der Waals surface area contributed by atoms with E-state index in [0.717, 1.165) is 0 Å². The summed E-state index contributed by atoms with van der Waals surface area (Å²) in [6, 6.07) is 2.55. The van der Waals surface area contributed by atoms with Crippen molar-refractivity contribution in [1.82, 2.24) is 0 Å². The Hall–Kier alpha value is -0.250. The number of halogens is 4. The third kappa shape index (κ3) is 3.15. The zero-order valence-electron chi connectivity index (χ0n) is 7.08. The fourth-order valence-electron chi connectivity index (χ4n) is 0.895. The van der Waals surface area contributed by atoms with Gasteiger partial charge in [0.25, 0.3) is 0 Å². The van der Waals surface area contributed by atoms with E-state index in [9.17, 15) is 4.39 Å². The molecule has 1 N–H and O–H groups in total. The van der Waals surface area contributed by atoms with Gasteiger partial charge in [0, 0.05) is 9.51 Å². The molecule has 0 radical (unpaired) electrons. The first-order valence-electron chi connectivity index (χ1n) is 3.72. The summed E-state index contributed by atoms with van der Waals surface area (Å²) >= 11 is 14.6. The topological polar surface area (TPSA) is 12.0 Å². The molecule has 5 heteroatoms. The summed E-state index contributed by atoms with van der Waals surface area (Å²) in [6.07, 6.45) is 0. The van der Waals surface area contributed by atoms with E-state index in [0.29, 0.717) is 26.8 Å². The van der Waals surface area contributed by atoms with Crippen LogP contribution in [0, 0.1) is 5.82 Å². The van der Waals surface area contributed by atoms with Crippen LogP contribution in [0.4, 0.5) is 10.1 Å². The first-order chi connectivity index (χ1) is 6.50. The van der Waals surface area contributed by atoms with Crippen LogP contribution in [-0.4, -0.2) is 6.54 Å². The number of hydrogen-bond acceptors (Lipinski definition) is 1. The third-order valence-corrected chi connectivity index (χ3v) is 2.52. The Balaban J connectivity index is 2.91. The lowest BCUT2D eigenvalue weighted by Crippen LogP contribution is -2.02. The summed E-state index contributed by atoms with van der Waals surface area (Å²) in [6.45, 7) is 3.90. The highest BCUT2D eigenvalue weighted by molar-refractivity contribution is 9.10. The molecule has 0 spiro atoms. The molecular weight excluding hydrogens is 292 g/mol. The van der Waals surface area contributed by atoms with Crippen LogP contribution in [0.1, 0.15) is 0 Å². The molecule has 1 nitrogen and oxygen atoms in total. The van der Waals surface area contributed by atoms with Crippen molar-refractivity contribution in [3.8, 4) is 0 Å². The maximum atomic E-state index is 12.8. The van der Waals surface area contributed by atoms with Crippen LogP contribution >= 0.6 is 39.1 Å². The number of nitrogens with one attached hydrogen (secondary N) is 1. The van der Waals surface area contributed by atoms with Gasteiger partial charge in [-0.15, -0.1) is 0 Å². The average molecular weight is 299 g/mol. The Morgan fingerprint density at radius 2 is 2.21 bits per heavy atom. The summed E-state index contributed by atoms with van der Waals surface area (Å²) in [5.41, 5.74) is 0.606. The van der Waals surface area contributed by atoms with E-state index in [1.165, 1.54) is 12.1 Å². The van der Waals surface area contributed by atoms with Crippen molar-refractivity contribution in [2.75, 3.05) is 11.9 Å². The van der Waals surface area contributed by atoms with Gasteiger partial charge in [-0.05, 0) is 28.1 Å². The smallest absolute Gasteiger partial charge is 0.125 e. The monoisotopic (exact) mass is 297 g/mol. The lowest BCUT2D eigenvalue weighted by Gasteiger charge is -2.09. The van der Waals surface area contributed by atoms with Gasteiger partial charge in [0.15, 0.2) is 0 Å². The van der Waals surface area contributed by atoms with Crippen LogP contribution in [-0.2, 0) is 0 Å². The molecule has 0 atom stereocenters. The minimum atomic E-state index is -0.392. The molecule has 0 bridgehead atoms. The lowest BCUT2D eigenvalue weighted by molar-refractivity contribution is 0.627. The molecule has 0 amide bonds. The van der Waals surface area contributed by atoms with Gasteiger partial charge >= 0.3 is 0 Å². The second-order valence-corrected chi connectivity index (χ2v) is 4.41. The molecular formula is C9H7BrCl2FN. The van der Waals surface area contributed by atoms with Gasteiger partial charge in [-0.3, -0.25) is 0 Å². The molecule has 0 unspecified atom stereocenters. The van der Waals surface area contributed by atoms with E-state index in [4.69, 9.17) is 23.2 Å². The van der Waals surface area contributed by atoms with Crippen LogP contribution in [0.25, 0.3) is 0 Å². The zero-order chi connectivity index (χ0) is 10.7. The van der Waals surface area contributed by atoms with E-state index in [1.807, 2.05) is 0 Å². The van der Waals surface area contributed by atoms with Crippen molar-refractivity contribution in [2.24, 2.45) is 0 Å². The Bertz CT molecular complexity index is 345.